The van der Waals surface area contributed by atoms with Gasteiger partial charge in [0.05, 0.1) is 16.3 Å². The summed E-state index contributed by atoms with van der Waals surface area (Å²) in [5.74, 6) is 0. The van der Waals surface area contributed by atoms with Gasteiger partial charge in [-0.3, -0.25) is 0 Å². The molecule has 1 aromatic rings. The summed E-state index contributed by atoms with van der Waals surface area (Å²) in [6.45, 7) is 0. The second-order valence-corrected chi connectivity index (χ2v) is 3.37. The third kappa shape index (κ3) is 2.20. The van der Waals surface area contributed by atoms with Gasteiger partial charge in [0.1, 0.15) is 11.8 Å². The van der Waals surface area contributed by atoms with Gasteiger partial charge in [0, 0.05) is 5.33 Å². The van der Waals surface area contributed by atoms with E-state index in [-0.39, 0.29) is 10.7 Å². The molecule has 1 heterocycles. The maximum absolute atomic E-state index is 12.4. The Bertz CT molecular complexity index is 390. The highest BCUT2D eigenvalue weighted by atomic mass is 79.9. The predicted molar refractivity (Wildman–Crippen MR) is 51.6 cm³/mol. The summed E-state index contributed by atoms with van der Waals surface area (Å²) in [7, 11) is 0. The Morgan fingerprint density at radius 3 is 2.71 bits per heavy atom. The molecule has 0 amide bonds. The molecule has 0 saturated heterocycles. The van der Waals surface area contributed by atoms with Gasteiger partial charge < -0.3 is 0 Å². The Morgan fingerprint density at radius 2 is 2.29 bits per heavy atom. The van der Waals surface area contributed by atoms with Gasteiger partial charge >= 0.3 is 0 Å². The Balaban J connectivity index is 3.33. The topological polar surface area (TPSA) is 36.7 Å². The van der Waals surface area contributed by atoms with Crippen LogP contribution in [0, 0.1) is 11.3 Å². The van der Waals surface area contributed by atoms with E-state index in [0.717, 1.165) is 6.07 Å². The third-order valence-electron chi connectivity index (χ3n) is 1.55. The highest BCUT2D eigenvalue weighted by Crippen LogP contribution is 2.27. The number of hydrogen-bond donors (Lipinski definition) is 0. The summed E-state index contributed by atoms with van der Waals surface area (Å²) in [4.78, 5) is 3.71. The molecule has 0 N–H and O–H groups in total. The largest absolute Gasteiger partial charge is 0.266 e. The molecule has 0 unspecified atom stereocenters. The van der Waals surface area contributed by atoms with Gasteiger partial charge in [-0.05, 0) is 6.07 Å². The highest BCUT2D eigenvalue weighted by Gasteiger charge is 2.17. The fourth-order valence-corrected chi connectivity index (χ4v) is 1.71. The van der Waals surface area contributed by atoms with Crippen molar-refractivity contribution in [3.63, 3.8) is 0 Å². The first-order valence-corrected chi connectivity index (χ1v) is 5.03. The number of halogens is 4. The second-order valence-electron chi connectivity index (χ2n) is 2.40. The first kappa shape index (κ1) is 11.3. The average Bonchev–Trinajstić information content (AvgIpc) is 2.17. The molecule has 6 heteroatoms. The molecule has 0 radical (unpaired) electrons. The van der Waals surface area contributed by atoms with Gasteiger partial charge in [0.25, 0.3) is 6.43 Å². The van der Waals surface area contributed by atoms with Crippen molar-refractivity contribution in [1.82, 2.24) is 4.98 Å². The summed E-state index contributed by atoms with van der Waals surface area (Å²) in [5.41, 5.74) is -0.325. The van der Waals surface area contributed by atoms with Crippen molar-refractivity contribution in [2.75, 3.05) is 0 Å². The maximum atomic E-state index is 12.4. The minimum atomic E-state index is -2.74. The van der Waals surface area contributed by atoms with Crippen molar-refractivity contribution in [2.45, 2.75) is 11.8 Å². The third-order valence-corrected chi connectivity index (χ3v) is 2.40. The van der Waals surface area contributed by atoms with E-state index in [9.17, 15) is 8.78 Å². The van der Waals surface area contributed by atoms with Crippen molar-refractivity contribution in [1.29, 1.82) is 5.26 Å². The molecule has 0 bridgehead atoms. The number of alkyl halides is 3. The van der Waals surface area contributed by atoms with E-state index in [2.05, 4.69) is 20.9 Å². The molecule has 0 spiro atoms. The summed E-state index contributed by atoms with van der Waals surface area (Å²) in [6.07, 6.45) is -2.74. The van der Waals surface area contributed by atoms with Crippen LogP contribution < -0.4 is 0 Å². The molecule has 1 rings (SSSR count). The minimum absolute atomic E-state index is 0.135. The molecule has 0 aromatic carbocycles. The van der Waals surface area contributed by atoms with Crippen molar-refractivity contribution in [2.24, 2.45) is 0 Å². The van der Waals surface area contributed by atoms with Gasteiger partial charge in [-0.15, -0.1) is 0 Å². The van der Waals surface area contributed by atoms with E-state index in [1.165, 1.54) is 0 Å². The van der Waals surface area contributed by atoms with Crippen LogP contribution in [0.1, 0.15) is 23.4 Å². The monoisotopic (exact) mass is 280 g/mol. The molecule has 0 atom stereocenters. The number of rotatable bonds is 2. The zero-order valence-electron chi connectivity index (χ0n) is 6.77. The van der Waals surface area contributed by atoms with Crippen molar-refractivity contribution < 1.29 is 8.78 Å². The van der Waals surface area contributed by atoms with Gasteiger partial charge in [0.15, 0.2) is 0 Å². The quantitative estimate of drug-likeness (QED) is 0.779. The number of pyridine rings is 1. The SMILES string of the molecule is N#Cc1nc(CBr)c(Cl)cc1C(F)F. The van der Waals surface area contributed by atoms with Crippen LogP contribution in [0.3, 0.4) is 0 Å². The predicted octanol–water partition coefficient (Wildman–Crippen LogP) is 3.44. The first-order valence-electron chi connectivity index (χ1n) is 3.53. The molecular formula is C8H4BrClF2N2. The lowest BCUT2D eigenvalue weighted by molar-refractivity contribution is 0.150. The van der Waals surface area contributed by atoms with Crippen molar-refractivity contribution in [3.8, 4) is 6.07 Å². The molecule has 0 aliphatic heterocycles. The number of aromatic nitrogens is 1. The molecule has 0 aliphatic rings. The molecule has 0 saturated carbocycles. The Kier molecular flexibility index (Phi) is 3.78. The van der Waals surface area contributed by atoms with Gasteiger partial charge in [-0.2, -0.15) is 5.26 Å². The fraction of sp³-hybridized carbons (Fsp3) is 0.250. The van der Waals surface area contributed by atoms with E-state index in [1.54, 1.807) is 6.07 Å². The van der Waals surface area contributed by atoms with Crippen LogP contribution >= 0.6 is 27.5 Å². The lowest BCUT2D eigenvalue weighted by Gasteiger charge is -2.05. The average molecular weight is 281 g/mol. The smallest absolute Gasteiger partial charge is 0.239 e. The van der Waals surface area contributed by atoms with Gasteiger partial charge in [0.2, 0.25) is 0 Å². The second kappa shape index (κ2) is 4.67. The van der Waals surface area contributed by atoms with Crippen LogP contribution in [0.15, 0.2) is 6.07 Å². The van der Waals surface area contributed by atoms with Crippen LogP contribution in [-0.2, 0) is 5.33 Å². The summed E-state index contributed by atoms with van der Waals surface area (Å²) in [5, 5.41) is 9.03. The van der Waals surface area contributed by atoms with Gasteiger partial charge in [-0.25, -0.2) is 13.8 Å². The Hall–Kier alpha value is -0.730. The lowest BCUT2D eigenvalue weighted by atomic mass is 10.2. The Morgan fingerprint density at radius 1 is 1.64 bits per heavy atom. The molecule has 0 fully saturated rings. The van der Waals surface area contributed by atoms with Crippen LogP contribution in [0.2, 0.25) is 5.02 Å². The molecular weight excluding hydrogens is 277 g/mol. The standard InChI is InChI=1S/C8H4BrClF2N2/c9-2-6-5(10)1-4(8(11)12)7(3-13)14-6/h1,8H,2H2. The zero-order chi connectivity index (χ0) is 10.7. The minimum Gasteiger partial charge on any atom is -0.239 e. The number of hydrogen-bond acceptors (Lipinski definition) is 2. The lowest BCUT2D eigenvalue weighted by Crippen LogP contribution is -1.98. The molecule has 74 valence electrons. The molecule has 2 nitrogen and oxygen atoms in total. The summed E-state index contributed by atoms with van der Waals surface area (Å²) >= 11 is 8.76. The number of nitriles is 1. The van der Waals surface area contributed by atoms with Crippen LogP contribution in [0.5, 0.6) is 0 Å². The van der Waals surface area contributed by atoms with E-state index >= 15 is 0 Å². The highest BCUT2D eigenvalue weighted by molar-refractivity contribution is 9.08. The van der Waals surface area contributed by atoms with Gasteiger partial charge in [-0.1, -0.05) is 27.5 Å². The first-order chi connectivity index (χ1) is 6.60. The zero-order valence-corrected chi connectivity index (χ0v) is 9.11. The normalized spacial score (nSPS) is 10.3. The van der Waals surface area contributed by atoms with E-state index in [4.69, 9.17) is 16.9 Å². The van der Waals surface area contributed by atoms with E-state index in [0.29, 0.717) is 11.0 Å². The fourth-order valence-electron chi connectivity index (χ4n) is 0.891. The molecule has 14 heavy (non-hydrogen) atoms. The summed E-state index contributed by atoms with van der Waals surface area (Å²) < 4.78 is 24.7. The number of nitrogens with zero attached hydrogens (tertiary/aromatic N) is 2. The van der Waals surface area contributed by atoms with Crippen LogP contribution in [0.4, 0.5) is 8.78 Å². The molecule has 0 aliphatic carbocycles. The van der Waals surface area contributed by atoms with E-state index in [1.807, 2.05) is 0 Å². The molecule has 1 aromatic heterocycles. The maximum Gasteiger partial charge on any atom is 0.266 e. The van der Waals surface area contributed by atoms with Crippen molar-refractivity contribution >= 4 is 27.5 Å². The van der Waals surface area contributed by atoms with Crippen LogP contribution in [0.25, 0.3) is 0 Å². The van der Waals surface area contributed by atoms with Crippen LogP contribution in [-0.4, -0.2) is 4.98 Å². The summed E-state index contributed by atoms with van der Waals surface area (Å²) in [6, 6.07) is 2.69. The van der Waals surface area contributed by atoms with E-state index < -0.39 is 12.0 Å². The van der Waals surface area contributed by atoms with Crippen molar-refractivity contribution in [3.05, 3.63) is 28.0 Å². The Labute approximate surface area is 92.6 Å².